The van der Waals surface area contributed by atoms with Crippen LogP contribution in [0.25, 0.3) is 11.3 Å². The first-order valence-corrected chi connectivity index (χ1v) is 9.38. The van der Waals surface area contributed by atoms with Crippen molar-refractivity contribution in [1.29, 1.82) is 0 Å². The van der Waals surface area contributed by atoms with Crippen molar-refractivity contribution >= 4 is 5.91 Å². The molecule has 1 fully saturated rings. The molecule has 4 rings (SSSR count). The van der Waals surface area contributed by atoms with Crippen LogP contribution in [0.2, 0.25) is 0 Å². The van der Waals surface area contributed by atoms with Crippen LogP contribution in [0, 0.1) is 0 Å². The van der Waals surface area contributed by atoms with E-state index in [1.165, 1.54) is 5.56 Å². The normalized spacial score (nSPS) is 16.5. The second-order valence-electron chi connectivity index (χ2n) is 6.81. The molecular formula is C22H23N3O2. The van der Waals surface area contributed by atoms with E-state index in [1.807, 2.05) is 53.4 Å². The van der Waals surface area contributed by atoms with Crippen LogP contribution < -0.4 is 4.74 Å². The fourth-order valence-corrected chi connectivity index (χ4v) is 3.36. The van der Waals surface area contributed by atoms with Gasteiger partial charge in [0.15, 0.2) is 0 Å². The van der Waals surface area contributed by atoms with Crippen LogP contribution in [0.1, 0.15) is 29.4 Å². The number of carbonyl (C=O) groups excluding carboxylic acids is 1. The van der Waals surface area contributed by atoms with Crippen LogP contribution in [-0.2, 0) is 6.42 Å². The molecule has 1 aromatic heterocycles. The number of carbonyl (C=O) groups is 1. The molecule has 2 aromatic carbocycles. The Labute approximate surface area is 159 Å². The van der Waals surface area contributed by atoms with E-state index >= 15 is 0 Å². The topological polar surface area (TPSA) is 58.2 Å². The Hall–Kier alpha value is -3.08. The van der Waals surface area contributed by atoms with Gasteiger partial charge in [0, 0.05) is 18.5 Å². The van der Waals surface area contributed by atoms with E-state index in [4.69, 9.17) is 4.74 Å². The molecule has 5 nitrogen and oxygen atoms in total. The zero-order valence-corrected chi connectivity index (χ0v) is 15.4. The molecule has 2 heterocycles. The molecule has 0 saturated carbocycles. The van der Waals surface area contributed by atoms with Gasteiger partial charge in [-0.25, -0.2) is 0 Å². The Morgan fingerprint density at radius 1 is 1.19 bits per heavy atom. The first kappa shape index (κ1) is 17.3. The molecular weight excluding hydrogens is 338 g/mol. The van der Waals surface area contributed by atoms with E-state index in [2.05, 4.69) is 29.3 Å². The minimum absolute atomic E-state index is 0.0281. The Bertz CT molecular complexity index is 903. The van der Waals surface area contributed by atoms with Gasteiger partial charge in [-0.1, -0.05) is 49.4 Å². The molecule has 1 N–H and O–H groups in total. The monoisotopic (exact) mass is 361 g/mol. The summed E-state index contributed by atoms with van der Waals surface area (Å²) in [5.74, 6) is 0.814. The summed E-state index contributed by atoms with van der Waals surface area (Å²) in [5.41, 5.74) is 3.60. The number of likely N-dealkylation sites (tertiary alicyclic amines) is 1. The number of H-pyrrole nitrogens is 1. The quantitative estimate of drug-likeness (QED) is 0.749. The SMILES string of the molecule is CCc1ccc(-c2cc(C(=O)N3CCC(Oc4ccccc4)C3)[nH]n2)cc1. The smallest absolute Gasteiger partial charge is 0.272 e. The predicted molar refractivity (Wildman–Crippen MR) is 105 cm³/mol. The van der Waals surface area contributed by atoms with E-state index in [-0.39, 0.29) is 12.0 Å². The summed E-state index contributed by atoms with van der Waals surface area (Å²) in [5, 5.41) is 7.21. The van der Waals surface area contributed by atoms with Gasteiger partial charge in [0.2, 0.25) is 0 Å². The molecule has 138 valence electrons. The molecule has 5 heteroatoms. The standard InChI is InChI=1S/C22H23N3O2/c1-2-16-8-10-17(11-9-16)20-14-21(24-23-20)22(26)25-13-12-19(15-25)27-18-6-4-3-5-7-18/h3-11,14,19H,2,12-13,15H2,1H3,(H,23,24). The van der Waals surface area contributed by atoms with Crippen molar-refractivity contribution in [2.24, 2.45) is 0 Å². The second-order valence-corrected chi connectivity index (χ2v) is 6.81. The molecule has 1 aliphatic heterocycles. The maximum atomic E-state index is 12.8. The highest BCUT2D eigenvalue weighted by Gasteiger charge is 2.29. The molecule has 27 heavy (non-hydrogen) atoms. The van der Waals surface area contributed by atoms with Gasteiger partial charge in [-0.05, 0) is 30.2 Å². The van der Waals surface area contributed by atoms with Crippen LogP contribution in [-0.4, -0.2) is 40.2 Å². The summed E-state index contributed by atoms with van der Waals surface area (Å²) in [4.78, 5) is 14.6. The molecule has 1 unspecified atom stereocenters. The van der Waals surface area contributed by atoms with E-state index in [9.17, 15) is 4.79 Å². The lowest BCUT2D eigenvalue weighted by Crippen LogP contribution is -2.31. The summed E-state index contributed by atoms with van der Waals surface area (Å²) in [6.45, 7) is 3.41. The van der Waals surface area contributed by atoms with Gasteiger partial charge in [-0.3, -0.25) is 9.89 Å². The molecule has 0 aliphatic carbocycles. The summed E-state index contributed by atoms with van der Waals surface area (Å²) in [6, 6.07) is 19.8. The van der Waals surface area contributed by atoms with E-state index in [0.717, 1.165) is 29.8 Å². The summed E-state index contributed by atoms with van der Waals surface area (Å²) >= 11 is 0. The fraction of sp³-hybridized carbons (Fsp3) is 0.273. The van der Waals surface area contributed by atoms with Crippen LogP contribution in [0.15, 0.2) is 60.7 Å². The van der Waals surface area contributed by atoms with Crippen LogP contribution in [0.5, 0.6) is 5.75 Å². The maximum absolute atomic E-state index is 12.8. The summed E-state index contributed by atoms with van der Waals surface area (Å²) in [7, 11) is 0. The number of nitrogens with one attached hydrogen (secondary N) is 1. The number of aromatic nitrogens is 2. The number of para-hydroxylation sites is 1. The van der Waals surface area contributed by atoms with Crippen molar-refractivity contribution in [2.75, 3.05) is 13.1 Å². The third-order valence-corrected chi connectivity index (χ3v) is 4.94. The predicted octanol–water partition coefficient (Wildman–Crippen LogP) is 3.93. The van der Waals surface area contributed by atoms with Gasteiger partial charge >= 0.3 is 0 Å². The molecule has 1 atom stereocenters. The van der Waals surface area contributed by atoms with Crippen molar-refractivity contribution < 1.29 is 9.53 Å². The van der Waals surface area contributed by atoms with Crippen molar-refractivity contribution in [1.82, 2.24) is 15.1 Å². The number of rotatable bonds is 5. The lowest BCUT2D eigenvalue weighted by Gasteiger charge is -2.16. The van der Waals surface area contributed by atoms with Crippen LogP contribution in [0.4, 0.5) is 0 Å². The van der Waals surface area contributed by atoms with Gasteiger partial charge in [0.05, 0.1) is 12.2 Å². The third kappa shape index (κ3) is 3.87. The minimum atomic E-state index is -0.0295. The van der Waals surface area contributed by atoms with Gasteiger partial charge in [0.1, 0.15) is 17.5 Å². The minimum Gasteiger partial charge on any atom is -0.489 e. The zero-order valence-electron chi connectivity index (χ0n) is 15.4. The lowest BCUT2D eigenvalue weighted by molar-refractivity contribution is 0.0766. The van der Waals surface area contributed by atoms with Gasteiger partial charge in [-0.15, -0.1) is 0 Å². The highest BCUT2D eigenvalue weighted by Crippen LogP contribution is 2.22. The summed E-state index contributed by atoms with van der Waals surface area (Å²) < 4.78 is 5.97. The Kier molecular flexibility index (Phi) is 4.92. The zero-order chi connectivity index (χ0) is 18.6. The second kappa shape index (κ2) is 7.66. The summed E-state index contributed by atoms with van der Waals surface area (Å²) in [6.07, 6.45) is 1.87. The van der Waals surface area contributed by atoms with Crippen molar-refractivity contribution in [2.45, 2.75) is 25.9 Å². The number of nitrogens with zero attached hydrogens (tertiary/aromatic N) is 2. The number of aromatic amines is 1. The van der Waals surface area contributed by atoms with Crippen molar-refractivity contribution in [3.05, 3.63) is 71.9 Å². The highest BCUT2D eigenvalue weighted by atomic mass is 16.5. The molecule has 0 bridgehead atoms. The average molecular weight is 361 g/mol. The van der Waals surface area contributed by atoms with Crippen molar-refractivity contribution in [3.8, 4) is 17.0 Å². The first-order chi connectivity index (χ1) is 13.2. The largest absolute Gasteiger partial charge is 0.489 e. The van der Waals surface area contributed by atoms with Crippen LogP contribution >= 0.6 is 0 Å². The molecule has 1 aliphatic rings. The fourth-order valence-electron chi connectivity index (χ4n) is 3.36. The third-order valence-electron chi connectivity index (χ3n) is 4.94. The lowest BCUT2D eigenvalue weighted by atomic mass is 10.1. The number of amides is 1. The van der Waals surface area contributed by atoms with Gasteiger partial charge in [0.25, 0.3) is 5.91 Å². The number of hydrogen-bond donors (Lipinski definition) is 1. The molecule has 1 saturated heterocycles. The first-order valence-electron chi connectivity index (χ1n) is 9.38. The van der Waals surface area contributed by atoms with E-state index in [1.54, 1.807) is 0 Å². The Morgan fingerprint density at radius 2 is 1.96 bits per heavy atom. The van der Waals surface area contributed by atoms with Crippen molar-refractivity contribution in [3.63, 3.8) is 0 Å². The number of hydrogen-bond acceptors (Lipinski definition) is 3. The number of aryl methyl sites for hydroxylation is 1. The Morgan fingerprint density at radius 3 is 2.70 bits per heavy atom. The number of ether oxygens (including phenoxy) is 1. The van der Waals surface area contributed by atoms with Gasteiger partial charge in [-0.2, -0.15) is 5.10 Å². The number of benzene rings is 2. The maximum Gasteiger partial charge on any atom is 0.272 e. The molecule has 1 amide bonds. The highest BCUT2D eigenvalue weighted by molar-refractivity contribution is 5.93. The average Bonchev–Trinajstić information content (AvgIpc) is 3.38. The Balaban J connectivity index is 1.40. The van der Waals surface area contributed by atoms with E-state index < -0.39 is 0 Å². The van der Waals surface area contributed by atoms with Gasteiger partial charge < -0.3 is 9.64 Å². The van der Waals surface area contributed by atoms with Crippen LogP contribution in [0.3, 0.4) is 0 Å². The molecule has 0 spiro atoms. The van der Waals surface area contributed by atoms with E-state index in [0.29, 0.717) is 18.8 Å². The molecule has 3 aromatic rings. The molecule has 0 radical (unpaired) electrons.